The van der Waals surface area contributed by atoms with Gasteiger partial charge in [0.1, 0.15) is 11.4 Å². The molecule has 1 amide bonds. The number of nitrogens with zero attached hydrogens (tertiary/aromatic N) is 1. The van der Waals surface area contributed by atoms with E-state index in [2.05, 4.69) is 10.3 Å². The molecule has 1 aromatic carbocycles. The Morgan fingerprint density at radius 2 is 2.29 bits per heavy atom. The molecule has 0 aliphatic rings. The van der Waals surface area contributed by atoms with Crippen LogP contribution in [0.25, 0.3) is 0 Å². The average molecular weight is 248 g/mol. The third-order valence-electron chi connectivity index (χ3n) is 2.27. The zero-order chi connectivity index (χ0) is 12.3. The lowest BCUT2D eigenvalue weighted by Gasteiger charge is -2.09. The van der Waals surface area contributed by atoms with E-state index in [1.54, 1.807) is 18.0 Å². The van der Waals surface area contributed by atoms with Crippen molar-refractivity contribution in [3.8, 4) is 5.75 Å². The third-order valence-corrected chi connectivity index (χ3v) is 2.85. The highest BCUT2D eigenvalue weighted by atomic mass is 32.1. The Labute approximate surface area is 103 Å². The van der Waals surface area contributed by atoms with Crippen LogP contribution in [0, 0.1) is 6.92 Å². The minimum absolute atomic E-state index is 0.227. The van der Waals surface area contributed by atoms with Crippen LogP contribution < -0.4 is 10.1 Å². The van der Waals surface area contributed by atoms with Gasteiger partial charge >= 0.3 is 0 Å². The number of carbonyl (C=O) groups excluding carboxylic acids is 1. The number of aryl methyl sites for hydroxylation is 1. The van der Waals surface area contributed by atoms with E-state index in [4.69, 9.17) is 4.74 Å². The predicted molar refractivity (Wildman–Crippen MR) is 67.8 cm³/mol. The Hall–Kier alpha value is -1.88. The van der Waals surface area contributed by atoms with Crippen LogP contribution in [0.1, 0.15) is 16.1 Å². The summed E-state index contributed by atoms with van der Waals surface area (Å²) in [6, 6.07) is 5.62. The maximum Gasteiger partial charge on any atom is 0.275 e. The third kappa shape index (κ3) is 2.62. The lowest BCUT2D eigenvalue weighted by atomic mass is 10.2. The van der Waals surface area contributed by atoms with Crippen LogP contribution in [0.15, 0.2) is 29.1 Å². The van der Waals surface area contributed by atoms with Crippen molar-refractivity contribution >= 4 is 22.9 Å². The van der Waals surface area contributed by atoms with Gasteiger partial charge in [-0.2, -0.15) is 0 Å². The summed E-state index contributed by atoms with van der Waals surface area (Å²) in [6.45, 7) is 1.96. The van der Waals surface area contributed by atoms with Gasteiger partial charge in [0.2, 0.25) is 0 Å². The van der Waals surface area contributed by atoms with Gasteiger partial charge in [-0.3, -0.25) is 4.79 Å². The molecule has 1 aromatic heterocycles. The number of anilines is 1. The van der Waals surface area contributed by atoms with E-state index in [0.717, 1.165) is 5.56 Å². The summed E-state index contributed by atoms with van der Waals surface area (Å²) in [6.07, 6.45) is 0. The van der Waals surface area contributed by atoms with E-state index in [9.17, 15) is 4.79 Å². The number of methoxy groups -OCH3 is 1. The van der Waals surface area contributed by atoms with Gasteiger partial charge in [0, 0.05) is 5.38 Å². The second-order valence-corrected chi connectivity index (χ2v) is 4.25. The maximum absolute atomic E-state index is 11.8. The van der Waals surface area contributed by atoms with Gasteiger partial charge in [0.25, 0.3) is 5.91 Å². The number of nitrogens with one attached hydrogen (secondary N) is 1. The Morgan fingerprint density at radius 3 is 2.94 bits per heavy atom. The highest BCUT2D eigenvalue weighted by Gasteiger charge is 2.11. The summed E-state index contributed by atoms with van der Waals surface area (Å²) in [4.78, 5) is 15.8. The molecule has 0 spiro atoms. The molecule has 2 rings (SSSR count). The summed E-state index contributed by atoms with van der Waals surface area (Å²) in [5, 5.41) is 4.49. The Balaban J connectivity index is 2.23. The molecule has 0 aliphatic carbocycles. The van der Waals surface area contributed by atoms with Crippen LogP contribution in [-0.2, 0) is 0 Å². The van der Waals surface area contributed by atoms with Gasteiger partial charge < -0.3 is 10.1 Å². The number of aromatic nitrogens is 1. The van der Waals surface area contributed by atoms with Crippen molar-refractivity contribution in [1.82, 2.24) is 4.98 Å². The van der Waals surface area contributed by atoms with Crippen molar-refractivity contribution < 1.29 is 9.53 Å². The first-order valence-electron chi connectivity index (χ1n) is 5.05. The Morgan fingerprint density at radius 1 is 1.47 bits per heavy atom. The molecule has 0 radical (unpaired) electrons. The van der Waals surface area contributed by atoms with E-state index in [0.29, 0.717) is 17.1 Å². The summed E-state index contributed by atoms with van der Waals surface area (Å²) >= 11 is 1.39. The fourth-order valence-corrected chi connectivity index (χ4v) is 1.96. The molecular weight excluding hydrogens is 236 g/mol. The quantitative estimate of drug-likeness (QED) is 0.908. The average Bonchev–Trinajstić information content (AvgIpc) is 2.83. The molecule has 88 valence electrons. The molecule has 4 nitrogen and oxygen atoms in total. The fourth-order valence-electron chi connectivity index (χ4n) is 1.43. The molecule has 2 aromatic rings. The highest BCUT2D eigenvalue weighted by molar-refractivity contribution is 7.07. The molecule has 1 heterocycles. The van der Waals surface area contributed by atoms with Crippen molar-refractivity contribution in [2.24, 2.45) is 0 Å². The van der Waals surface area contributed by atoms with E-state index in [1.165, 1.54) is 11.3 Å². The second kappa shape index (κ2) is 4.97. The molecular formula is C12H12N2O2S. The number of hydrogen-bond acceptors (Lipinski definition) is 4. The summed E-state index contributed by atoms with van der Waals surface area (Å²) in [5.74, 6) is 0.411. The standard InChI is InChI=1S/C12H12N2O2S/c1-8-3-4-11(16-2)9(5-8)14-12(15)10-6-17-7-13-10/h3-7H,1-2H3,(H,14,15). The summed E-state index contributed by atoms with van der Waals surface area (Å²) < 4.78 is 5.19. The van der Waals surface area contributed by atoms with Gasteiger partial charge in [-0.1, -0.05) is 6.07 Å². The topological polar surface area (TPSA) is 51.2 Å². The first-order chi connectivity index (χ1) is 8.20. The van der Waals surface area contributed by atoms with Crippen LogP contribution in [0.3, 0.4) is 0 Å². The molecule has 5 heteroatoms. The van der Waals surface area contributed by atoms with Gasteiger partial charge in [-0.05, 0) is 24.6 Å². The first-order valence-corrected chi connectivity index (χ1v) is 5.99. The highest BCUT2D eigenvalue weighted by Crippen LogP contribution is 2.25. The molecule has 0 fully saturated rings. The van der Waals surface area contributed by atoms with Crippen LogP contribution in [0.4, 0.5) is 5.69 Å². The summed E-state index contributed by atoms with van der Waals surface area (Å²) in [7, 11) is 1.57. The number of rotatable bonds is 3. The van der Waals surface area contributed by atoms with Crippen LogP contribution >= 0.6 is 11.3 Å². The summed E-state index contributed by atoms with van der Waals surface area (Å²) in [5.41, 5.74) is 3.76. The van der Waals surface area contributed by atoms with E-state index in [1.807, 2.05) is 25.1 Å². The Kier molecular flexibility index (Phi) is 3.39. The number of carbonyl (C=O) groups is 1. The molecule has 17 heavy (non-hydrogen) atoms. The van der Waals surface area contributed by atoms with Crippen molar-refractivity contribution in [2.75, 3.05) is 12.4 Å². The van der Waals surface area contributed by atoms with Crippen LogP contribution in [-0.4, -0.2) is 18.0 Å². The number of ether oxygens (including phenoxy) is 1. The predicted octanol–water partition coefficient (Wildman–Crippen LogP) is 2.71. The number of hydrogen-bond donors (Lipinski definition) is 1. The van der Waals surface area contributed by atoms with E-state index >= 15 is 0 Å². The molecule has 0 atom stereocenters. The number of thiazole rings is 1. The first kappa shape index (κ1) is 11.6. The Bertz CT molecular complexity index is 523. The van der Waals surface area contributed by atoms with E-state index in [-0.39, 0.29) is 5.91 Å². The van der Waals surface area contributed by atoms with Gasteiger partial charge in [0.15, 0.2) is 0 Å². The second-order valence-electron chi connectivity index (χ2n) is 3.53. The van der Waals surface area contributed by atoms with E-state index < -0.39 is 0 Å². The minimum atomic E-state index is -0.227. The smallest absolute Gasteiger partial charge is 0.275 e. The molecule has 0 unspecified atom stereocenters. The van der Waals surface area contributed by atoms with Gasteiger partial charge in [0.05, 0.1) is 18.3 Å². The normalized spacial score (nSPS) is 10.0. The number of benzene rings is 1. The van der Waals surface area contributed by atoms with Crippen molar-refractivity contribution in [3.05, 3.63) is 40.3 Å². The molecule has 0 aliphatic heterocycles. The van der Waals surface area contributed by atoms with Crippen molar-refractivity contribution in [3.63, 3.8) is 0 Å². The minimum Gasteiger partial charge on any atom is -0.495 e. The van der Waals surface area contributed by atoms with Crippen molar-refractivity contribution in [1.29, 1.82) is 0 Å². The maximum atomic E-state index is 11.8. The van der Waals surface area contributed by atoms with Gasteiger partial charge in [-0.25, -0.2) is 4.98 Å². The largest absolute Gasteiger partial charge is 0.495 e. The van der Waals surface area contributed by atoms with Crippen molar-refractivity contribution in [2.45, 2.75) is 6.92 Å². The lowest BCUT2D eigenvalue weighted by molar-refractivity contribution is 0.102. The fraction of sp³-hybridized carbons (Fsp3) is 0.167. The molecule has 0 saturated heterocycles. The van der Waals surface area contributed by atoms with Crippen LogP contribution in [0.2, 0.25) is 0 Å². The number of amides is 1. The lowest BCUT2D eigenvalue weighted by Crippen LogP contribution is -2.13. The molecule has 1 N–H and O–H groups in total. The van der Waals surface area contributed by atoms with Gasteiger partial charge in [-0.15, -0.1) is 11.3 Å². The zero-order valence-corrected chi connectivity index (χ0v) is 10.4. The van der Waals surface area contributed by atoms with Crippen LogP contribution in [0.5, 0.6) is 5.75 Å². The molecule has 0 bridgehead atoms. The molecule has 0 saturated carbocycles. The zero-order valence-electron chi connectivity index (χ0n) is 9.56. The monoisotopic (exact) mass is 248 g/mol. The SMILES string of the molecule is COc1ccc(C)cc1NC(=O)c1cscn1.